The van der Waals surface area contributed by atoms with Gasteiger partial charge in [-0.25, -0.2) is 0 Å². The summed E-state index contributed by atoms with van der Waals surface area (Å²) in [7, 11) is 1.94. The van der Waals surface area contributed by atoms with Crippen LogP contribution in [0.25, 0.3) is 22.0 Å². The fraction of sp³-hybridized carbons (Fsp3) is 0.357. The van der Waals surface area contributed by atoms with Gasteiger partial charge in [0.2, 0.25) is 0 Å². The Kier molecular flexibility index (Phi) is 6.52. The van der Waals surface area contributed by atoms with Crippen LogP contribution in [0.4, 0.5) is 0 Å². The number of hydrogen-bond donors (Lipinski definition) is 1. The van der Waals surface area contributed by atoms with E-state index in [1.807, 2.05) is 56.8 Å². The number of halogens is 2. The van der Waals surface area contributed by atoms with Crippen molar-refractivity contribution in [2.75, 3.05) is 13.2 Å². The molecule has 1 amide bonds. The van der Waals surface area contributed by atoms with Gasteiger partial charge in [-0.05, 0) is 75.4 Å². The molecule has 0 atom stereocenters. The molecule has 36 heavy (non-hydrogen) atoms. The summed E-state index contributed by atoms with van der Waals surface area (Å²) in [6.45, 7) is 9.84. The Bertz CT molecular complexity index is 1490. The number of aryl methyl sites for hydroxylation is 5. The summed E-state index contributed by atoms with van der Waals surface area (Å²) in [5, 5.41) is 10.1. The van der Waals surface area contributed by atoms with Gasteiger partial charge in [0.15, 0.2) is 0 Å². The monoisotopic (exact) mass is 524 g/mol. The number of benzene rings is 2. The summed E-state index contributed by atoms with van der Waals surface area (Å²) in [5.74, 6) is 0.770. The molecule has 0 saturated heterocycles. The lowest BCUT2D eigenvalue weighted by Crippen LogP contribution is -2.35. The van der Waals surface area contributed by atoms with Crippen molar-refractivity contribution in [3.05, 3.63) is 68.1 Å². The summed E-state index contributed by atoms with van der Waals surface area (Å²) >= 11 is 13.1. The number of nitrogens with one attached hydrogen (secondary N) is 1. The lowest BCUT2D eigenvalue weighted by atomic mass is 9.98. The van der Waals surface area contributed by atoms with Crippen molar-refractivity contribution in [3.8, 4) is 16.9 Å². The fourth-order valence-corrected chi connectivity index (χ4v) is 5.75. The minimum absolute atomic E-state index is 0.0426. The third-order valence-corrected chi connectivity index (χ3v) is 8.03. The number of fused-ring (bicyclic) bond motifs is 3. The van der Waals surface area contributed by atoms with Crippen molar-refractivity contribution >= 4 is 40.0 Å². The summed E-state index contributed by atoms with van der Waals surface area (Å²) in [4.78, 5) is 13.1. The van der Waals surface area contributed by atoms with Gasteiger partial charge in [-0.1, -0.05) is 29.3 Å². The zero-order valence-electron chi connectivity index (χ0n) is 21.3. The second-order valence-electron chi connectivity index (χ2n) is 9.55. The molecule has 0 unspecified atom stereocenters. The number of aromatic nitrogens is 3. The van der Waals surface area contributed by atoms with Gasteiger partial charge >= 0.3 is 0 Å². The summed E-state index contributed by atoms with van der Waals surface area (Å²) in [6, 6.07) is 7.91. The topological polar surface area (TPSA) is 61.1 Å². The summed E-state index contributed by atoms with van der Waals surface area (Å²) in [6.07, 6.45) is 1.48. The van der Waals surface area contributed by atoms with E-state index in [2.05, 4.69) is 21.9 Å². The highest BCUT2D eigenvalue weighted by atomic mass is 35.5. The van der Waals surface area contributed by atoms with E-state index < -0.39 is 0 Å². The molecule has 3 heterocycles. The summed E-state index contributed by atoms with van der Waals surface area (Å²) < 4.78 is 10.1. The first-order valence-electron chi connectivity index (χ1n) is 12.2. The fourth-order valence-electron chi connectivity index (χ4n) is 5.40. The van der Waals surface area contributed by atoms with E-state index in [0.29, 0.717) is 31.1 Å². The maximum atomic E-state index is 13.1. The van der Waals surface area contributed by atoms with Crippen LogP contribution in [-0.2, 0) is 20.0 Å². The first kappa shape index (κ1) is 24.7. The molecule has 0 radical (unpaired) electrons. The van der Waals surface area contributed by atoms with E-state index in [0.717, 1.165) is 73.0 Å². The predicted octanol–water partition coefficient (Wildman–Crippen LogP) is 6.34. The number of hydrogen-bond acceptors (Lipinski definition) is 3. The second-order valence-corrected chi connectivity index (χ2v) is 10.3. The lowest BCUT2D eigenvalue weighted by molar-refractivity contribution is 0.0927. The number of rotatable bonds is 6. The number of carbonyl (C=O) groups is 1. The molecule has 0 bridgehead atoms. The molecular formula is C28H30Cl2N4O2. The standard InChI is InChI=1S/C28H30Cl2N4O2/c1-15-13-19(14-16(2)25(15)30)36-12-6-7-20-21-8-9-22(29)24(23-17(3)32-33(5)18(23)4)26(21)34-11-10-31-28(35)27(20)34/h8-9,13-14H,6-7,10-12H2,1-5H3,(H,31,35). The minimum atomic E-state index is -0.0426. The molecule has 1 aliphatic rings. The Morgan fingerprint density at radius 2 is 1.81 bits per heavy atom. The Morgan fingerprint density at radius 1 is 1.08 bits per heavy atom. The molecular weight excluding hydrogens is 495 g/mol. The highest BCUT2D eigenvalue weighted by Gasteiger charge is 2.29. The van der Waals surface area contributed by atoms with Crippen LogP contribution < -0.4 is 10.1 Å². The molecule has 2 aromatic heterocycles. The predicted molar refractivity (Wildman–Crippen MR) is 146 cm³/mol. The van der Waals surface area contributed by atoms with E-state index in [1.54, 1.807) is 0 Å². The average molecular weight is 525 g/mol. The van der Waals surface area contributed by atoms with Gasteiger partial charge < -0.3 is 14.6 Å². The van der Waals surface area contributed by atoms with Crippen molar-refractivity contribution in [2.24, 2.45) is 7.05 Å². The zero-order chi connectivity index (χ0) is 25.7. The van der Waals surface area contributed by atoms with Gasteiger partial charge in [0.1, 0.15) is 11.4 Å². The van der Waals surface area contributed by atoms with Gasteiger partial charge in [0, 0.05) is 47.4 Å². The molecule has 0 spiro atoms. The van der Waals surface area contributed by atoms with E-state index in [-0.39, 0.29) is 5.91 Å². The molecule has 5 rings (SSSR count). The second kappa shape index (κ2) is 9.49. The van der Waals surface area contributed by atoms with Crippen LogP contribution in [0.3, 0.4) is 0 Å². The SMILES string of the molecule is Cc1cc(OCCCc2c3n(c4c(-c5c(C)nn(C)c5C)c(Cl)ccc24)CCNC3=O)cc(C)c1Cl. The van der Waals surface area contributed by atoms with E-state index >= 15 is 0 Å². The van der Waals surface area contributed by atoms with Crippen molar-refractivity contribution in [3.63, 3.8) is 0 Å². The average Bonchev–Trinajstić information content (AvgIpc) is 3.29. The van der Waals surface area contributed by atoms with Crippen molar-refractivity contribution in [1.82, 2.24) is 19.7 Å². The van der Waals surface area contributed by atoms with Gasteiger partial charge in [-0.3, -0.25) is 9.48 Å². The third kappa shape index (κ3) is 4.06. The van der Waals surface area contributed by atoms with Crippen LogP contribution in [0, 0.1) is 27.7 Å². The van der Waals surface area contributed by atoms with E-state index in [4.69, 9.17) is 27.9 Å². The van der Waals surface area contributed by atoms with E-state index in [1.165, 1.54) is 0 Å². The molecule has 2 aromatic carbocycles. The Balaban J connectivity index is 1.54. The Hall–Kier alpha value is -2.96. The normalized spacial score (nSPS) is 13.2. The van der Waals surface area contributed by atoms with Crippen molar-refractivity contribution in [2.45, 2.75) is 47.1 Å². The Labute approximate surface area is 221 Å². The number of carbonyl (C=O) groups excluding carboxylic acids is 1. The molecule has 0 aliphatic carbocycles. The molecule has 8 heteroatoms. The molecule has 6 nitrogen and oxygen atoms in total. The van der Waals surface area contributed by atoms with E-state index in [9.17, 15) is 4.79 Å². The van der Waals surface area contributed by atoms with Crippen LogP contribution in [0.5, 0.6) is 5.75 Å². The number of amides is 1. The lowest BCUT2D eigenvalue weighted by Gasteiger charge is -2.19. The van der Waals surface area contributed by atoms with Crippen molar-refractivity contribution < 1.29 is 9.53 Å². The molecule has 188 valence electrons. The zero-order valence-corrected chi connectivity index (χ0v) is 22.8. The maximum Gasteiger partial charge on any atom is 0.268 e. The third-order valence-electron chi connectivity index (χ3n) is 7.12. The molecule has 4 aromatic rings. The van der Waals surface area contributed by atoms with Crippen LogP contribution in [0.15, 0.2) is 24.3 Å². The van der Waals surface area contributed by atoms with Crippen LogP contribution >= 0.6 is 23.2 Å². The van der Waals surface area contributed by atoms with Gasteiger partial charge in [0.05, 0.1) is 22.8 Å². The van der Waals surface area contributed by atoms with Crippen LogP contribution in [0.2, 0.25) is 10.0 Å². The van der Waals surface area contributed by atoms with Gasteiger partial charge in [-0.2, -0.15) is 5.10 Å². The molecule has 0 saturated carbocycles. The Morgan fingerprint density at radius 3 is 2.47 bits per heavy atom. The van der Waals surface area contributed by atoms with Gasteiger partial charge in [-0.15, -0.1) is 0 Å². The molecule has 1 N–H and O–H groups in total. The molecule has 1 aliphatic heterocycles. The van der Waals surface area contributed by atoms with Crippen LogP contribution in [-0.4, -0.2) is 33.4 Å². The first-order valence-corrected chi connectivity index (χ1v) is 13.0. The minimum Gasteiger partial charge on any atom is -0.494 e. The quantitative estimate of drug-likeness (QED) is 0.299. The molecule has 0 fully saturated rings. The highest BCUT2D eigenvalue weighted by molar-refractivity contribution is 6.35. The highest BCUT2D eigenvalue weighted by Crippen LogP contribution is 2.42. The summed E-state index contributed by atoms with van der Waals surface area (Å²) in [5.41, 5.74) is 8.70. The van der Waals surface area contributed by atoms with Crippen LogP contribution in [0.1, 0.15) is 45.0 Å². The van der Waals surface area contributed by atoms with Gasteiger partial charge in [0.25, 0.3) is 5.91 Å². The largest absolute Gasteiger partial charge is 0.494 e. The number of ether oxygens (including phenoxy) is 1. The van der Waals surface area contributed by atoms with Crippen molar-refractivity contribution in [1.29, 1.82) is 0 Å². The first-order chi connectivity index (χ1) is 17.2. The smallest absolute Gasteiger partial charge is 0.268 e. The number of nitrogens with zero attached hydrogens (tertiary/aromatic N) is 3. The maximum absolute atomic E-state index is 13.1.